The Kier molecular flexibility index (Phi) is 7.53. The molecule has 1 aliphatic heterocycles. The number of hydrogen-bond acceptors (Lipinski definition) is 6. The first-order valence-electron chi connectivity index (χ1n) is 8.73. The Labute approximate surface area is 154 Å². The van der Waals surface area contributed by atoms with Crippen molar-refractivity contribution in [3.8, 4) is 11.5 Å². The van der Waals surface area contributed by atoms with Crippen molar-refractivity contribution in [1.82, 2.24) is 9.80 Å². The molecule has 0 aliphatic carbocycles. The number of ether oxygens (including phenoxy) is 3. The summed E-state index contributed by atoms with van der Waals surface area (Å²) in [5.74, 6) is 1.12. The lowest BCUT2D eigenvalue weighted by molar-refractivity contribution is -0.116. The third-order valence-electron chi connectivity index (χ3n) is 4.22. The lowest BCUT2D eigenvalue weighted by Crippen LogP contribution is -2.49. The van der Waals surface area contributed by atoms with Crippen molar-refractivity contribution in [2.24, 2.45) is 0 Å². The largest absolute Gasteiger partial charge is 0.493 e. The molecule has 1 saturated heterocycles. The summed E-state index contributed by atoms with van der Waals surface area (Å²) in [4.78, 5) is 27.7. The van der Waals surface area contributed by atoms with Crippen LogP contribution in [-0.4, -0.2) is 75.4 Å². The van der Waals surface area contributed by atoms with E-state index in [1.165, 1.54) is 0 Å². The zero-order valence-electron chi connectivity index (χ0n) is 15.6. The van der Waals surface area contributed by atoms with E-state index in [0.717, 1.165) is 13.1 Å². The maximum Gasteiger partial charge on any atom is 0.409 e. The first kappa shape index (κ1) is 19.8. The van der Waals surface area contributed by atoms with Crippen molar-refractivity contribution in [3.05, 3.63) is 18.2 Å². The number of methoxy groups -OCH3 is 2. The second-order valence-electron chi connectivity index (χ2n) is 5.90. The van der Waals surface area contributed by atoms with Crippen LogP contribution in [-0.2, 0) is 9.53 Å². The van der Waals surface area contributed by atoms with Gasteiger partial charge in [0.25, 0.3) is 0 Å². The van der Waals surface area contributed by atoms with Crippen LogP contribution in [0.4, 0.5) is 10.5 Å². The number of nitrogens with one attached hydrogen (secondary N) is 1. The standard InChI is InChI=1S/C18H27N3O5/c1-4-26-18(23)21-11-9-20(10-12-21)8-7-17(22)19-14-5-6-15(24-2)16(13-14)25-3/h5-6,13H,4,7-12H2,1-3H3,(H,19,22). The van der Waals surface area contributed by atoms with Gasteiger partial charge in [0.2, 0.25) is 5.91 Å². The highest BCUT2D eigenvalue weighted by Crippen LogP contribution is 2.29. The number of carbonyl (C=O) groups is 2. The van der Waals surface area contributed by atoms with Gasteiger partial charge in [-0.15, -0.1) is 0 Å². The fraction of sp³-hybridized carbons (Fsp3) is 0.556. The smallest absolute Gasteiger partial charge is 0.409 e. The Morgan fingerprint density at radius 2 is 1.77 bits per heavy atom. The Morgan fingerprint density at radius 3 is 2.38 bits per heavy atom. The molecular formula is C18H27N3O5. The molecule has 1 heterocycles. The molecule has 0 unspecified atom stereocenters. The average molecular weight is 365 g/mol. The van der Waals surface area contributed by atoms with Crippen LogP contribution in [0.1, 0.15) is 13.3 Å². The molecule has 0 atom stereocenters. The van der Waals surface area contributed by atoms with E-state index >= 15 is 0 Å². The van der Waals surface area contributed by atoms with Gasteiger partial charge in [-0.05, 0) is 19.1 Å². The topological polar surface area (TPSA) is 80.3 Å². The van der Waals surface area contributed by atoms with Crippen molar-refractivity contribution >= 4 is 17.7 Å². The Hall–Kier alpha value is -2.48. The fourth-order valence-electron chi connectivity index (χ4n) is 2.77. The second kappa shape index (κ2) is 9.86. The molecule has 0 spiro atoms. The van der Waals surface area contributed by atoms with E-state index in [-0.39, 0.29) is 12.0 Å². The minimum absolute atomic E-state index is 0.0648. The normalized spacial score (nSPS) is 14.7. The third-order valence-corrected chi connectivity index (χ3v) is 4.22. The van der Waals surface area contributed by atoms with Gasteiger partial charge in [0.1, 0.15) is 0 Å². The van der Waals surface area contributed by atoms with Crippen LogP contribution in [0.3, 0.4) is 0 Å². The lowest BCUT2D eigenvalue weighted by Gasteiger charge is -2.33. The number of hydrogen-bond donors (Lipinski definition) is 1. The second-order valence-corrected chi connectivity index (χ2v) is 5.90. The summed E-state index contributed by atoms with van der Waals surface area (Å²) in [7, 11) is 3.12. The van der Waals surface area contributed by atoms with E-state index in [0.29, 0.717) is 49.8 Å². The number of nitrogens with zero attached hydrogens (tertiary/aromatic N) is 2. The molecule has 0 bridgehead atoms. The summed E-state index contributed by atoms with van der Waals surface area (Å²) >= 11 is 0. The molecule has 1 aromatic rings. The maximum atomic E-state index is 12.2. The van der Waals surface area contributed by atoms with Gasteiger partial charge < -0.3 is 24.4 Å². The SMILES string of the molecule is CCOC(=O)N1CCN(CCC(=O)Nc2ccc(OC)c(OC)c2)CC1. The molecule has 1 N–H and O–H groups in total. The zero-order chi connectivity index (χ0) is 18.9. The van der Waals surface area contributed by atoms with E-state index in [9.17, 15) is 9.59 Å². The van der Waals surface area contributed by atoms with Crippen molar-refractivity contribution in [2.45, 2.75) is 13.3 Å². The van der Waals surface area contributed by atoms with Crippen molar-refractivity contribution < 1.29 is 23.8 Å². The van der Waals surface area contributed by atoms with Gasteiger partial charge >= 0.3 is 6.09 Å². The molecule has 0 saturated carbocycles. The highest BCUT2D eigenvalue weighted by atomic mass is 16.6. The van der Waals surface area contributed by atoms with Crippen LogP contribution in [0, 0.1) is 0 Å². The monoisotopic (exact) mass is 365 g/mol. The van der Waals surface area contributed by atoms with Gasteiger partial charge in [0, 0.05) is 50.9 Å². The number of carbonyl (C=O) groups excluding carboxylic acids is 2. The molecule has 1 aromatic carbocycles. The van der Waals surface area contributed by atoms with E-state index in [4.69, 9.17) is 14.2 Å². The highest BCUT2D eigenvalue weighted by molar-refractivity contribution is 5.91. The number of piperazine rings is 1. The van der Waals surface area contributed by atoms with Crippen LogP contribution in [0.25, 0.3) is 0 Å². The predicted molar refractivity (Wildman–Crippen MR) is 97.8 cm³/mol. The van der Waals surface area contributed by atoms with Gasteiger partial charge in [-0.25, -0.2) is 4.79 Å². The summed E-state index contributed by atoms with van der Waals surface area (Å²) in [6.07, 6.45) is 0.117. The molecule has 1 fully saturated rings. The number of benzene rings is 1. The average Bonchev–Trinajstić information content (AvgIpc) is 2.66. The van der Waals surface area contributed by atoms with Crippen molar-refractivity contribution in [1.29, 1.82) is 0 Å². The van der Waals surface area contributed by atoms with Crippen LogP contribution >= 0.6 is 0 Å². The van der Waals surface area contributed by atoms with Gasteiger partial charge in [-0.1, -0.05) is 0 Å². The Morgan fingerprint density at radius 1 is 1.08 bits per heavy atom. The van der Waals surface area contributed by atoms with Crippen LogP contribution < -0.4 is 14.8 Å². The molecule has 0 aromatic heterocycles. The van der Waals surface area contributed by atoms with E-state index in [2.05, 4.69) is 10.2 Å². The third kappa shape index (κ3) is 5.52. The van der Waals surface area contributed by atoms with Crippen LogP contribution in [0.2, 0.25) is 0 Å². The van der Waals surface area contributed by atoms with Gasteiger partial charge in [-0.2, -0.15) is 0 Å². The molecule has 144 valence electrons. The molecule has 1 aliphatic rings. The van der Waals surface area contributed by atoms with Crippen LogP contribution in [0.15, 0.2) is 18.2 Å². The molecule has 0 radical (unpaired) electrons. The summed E-state index contributed by atoms with van der Waals surface area (Å²) < 4.78 is 15.4. The van der Waals surface area contributed by atoms with E-state index in [1.54, 1.807) is 44.2 Å². The molecule has 8 nitrogen and oxygen atoms in total. The first-order valence-corrected chi connectivity index (χ1v) is 8.73. The quantitative estimate of drug-likeness (QED) is 0.794. The number of anilines is 1. The first-order chi connectivity index (χ1) is 12.6. The lowest BCUT2D eigenvalue weighted by atomic mass is 10.2. The van der Waals surface area contributed by atoms with Crippen molar-refractivity contribution in [3.63, 3.8) is 0 Å². The van der Waals surface area contributed by atoms with Gasteiger partial charge in [0.15, 0.2) is 11.5 Å². The van der Waals surface area contributed by atoms with Crippen molar-refractivity contribution in [2.75, 3.05) is 58.9 Å². The summed E-state index contributed by atoms with van der Waals surface area (Å²) in [5, 5.41) is 2.87. The van der Waals surface area contributed by atoms with E-state index < -0.39 is 0 Å². The van der Waals surface area contributed by atoms with Gasteiger partial charge in [0.05, 0.1) is 20.8 Å². The highest BCUT2D eigenvalue weighted by Gasteiger charge is 2.22. The molecule has 2 amide bonds. The fourth-order valence-corrected chi connectivity index (χ4v) is 2.77. The van der Waals surface area contributed by atoms with Crippen LogP contribution in [0.5, 0.6) is 11.5 Å². The molecule has 2 rings (SSSR count). The van der Waals surface area contributed by atoms with E-state index in [1.807, 2.05) is 0 Å². The number of amides is 2. The predicted octanol–water partition coefficient (Wildman–Crippen LogP) is 1.81. The van der Waals surface area contributed by atoms with Gasteiger partial charge in [-0.3, -0.25) is 9.69 Å². The molecule has 26 heavy (non-hydrogen) atoms. The summed E-state index contributed by atoms with van der Waals surface area (Å²) in [5.41, 5.74) is 0.666. The Balaban J connectivity index is 1.75. The Bertz CT molecular complexity index is 615. The molecular weight excluding hydrogens is 338 g/mol. The maximum absolute atomic E-state index is 12.2. The summed E-state index contributed by atoms with van der Waals surface area (Å²) in [6, 6.07) is 5.26. The summed E-state index contributed by atoms with van der Waals surface area (Å²) in [6.45, 7) is 5.55. The minimum Gasteiger partial charge on any atom is -0.493 e. The zero-order valence-corrected chi connectivity index (χ0v) is 15.6. The molecule has 8 heteroatoms. The number of rotatable bonds is 7. The minimum atomic E-state index is -0.265.